The summed E-state index contributed by atoms with van der Waals surface area (Å²) in [7, 11) is 0. The summed E-state index contributed by atoms with van der Waals surface area (Å²) in [6.45, 7) is 2.68. The van der Waals surface area contributed by atoms with Crippen LogP contribution in [-0.2, 0) is 4.79 Å². The second-order valence-corrected chi connectivity index (χ2v) is 6.05. The summed E-state index contributed by atoms with van der Waals surface area (Å²) in [4.78, 5) is 36.2. The number of nitrogens with zero attached hydrogens (tertiary/aromatic N) is 4. The maximum atomic E-state index is 12.3. The van der Waals surface area contributed by atoms with E-state index in [1.807, 2.05) is 12.1 Å². The maximum absolute atomic E-state index is 12.3. The molecule has 1 fully saturated rings. The summed E-state index contributed by atoms with van der Waals surface area (Å²) >= 11 is 5.83. The summed E-state index contributed by atoms with van der Waals surface area (Å²) in [5, 5.41) is 3.02. The molecule has 3 heterocycles. The highest BCUT2D eigenvalue weighted by molar-refractivity contribution is 6.30. The van der Waals surface area contributed by atoms with E-state index in [1.54, 1.807) is 23.4 Å². The van der Waals surface area contributed by atoms with Crippen molar-refractivity contribution in [3.05, 3.63) is 53.6 Å². The van der Waals surface area contributed by atoms with E-state index in [4.69, 9.17) is 11.6 Å². The fraction of sp³-hybridized carbons (Fsp3) is 0.294. The minimum atomic E-state index is -0.411. The molecule has 3 rings (SSSR count). The zero-order chi connectivity index (χ0) is 17.6. The Morgan fingerprint density at radius 1 is 1.08 bits per heavy atom. The molecular formula is C17H18ClN5O2. The first kappa shape index (κ1) is 17.2. The van der Waals surface area contributed by atoms with Crippen molar-refractivity contribution in [2.24, 2.45) is 0 Å². The van der Waals surface area contributed by atoms with E-state index < -0.39 is 5.91 Å². The molecule has 0 atom stereocenters. The van der Waals surface area contributed by atoms with Crippen LogP contribution >= 0.6 is 11.6 Å². The van der Waals surface area contributed by atoms with Gasteiger partial charge in [-0.3, -0.25) is 19.6 Å². The molecule has 0 aromatic carbocycles. The van der Waals surface area contributed by atoms with Gasteiger partial charge in [0.05, 0.1) is 6.54 Å². The number of aromatic nitrogens is 2. The summed E-state index contributed by atoms with van der Waals surface area (Å²) in [6, 6.07) is 6.96. The third-order valence-corrected chi connectivity index (χ3v) is 4.25. The van der Waals surface area contributed by atoms with Crippen LogP contribution < -0.4 is 10.2 Å². The highest BCUT2D eigenvalue weighted by Gasteiger charge is 2.21. The molecule has 0 bridgehead atoms. The third-order valence-electron chi connectivity index (χ3n) is 4.02. The van der Waals surface area contributed by atoms with Crippen molar-refractivity contribution in [2.45, 2.75) is 0 Å². The average molecular weight is 360 g/mol. The van der Waals surface area contributed by atoms with E-state index >= 15 is 0 Å². The molecule has 0 radical (unpaired) electrons. The monoisotopic (exact) mass is 359 g/mol. The largest absolute Gasteiger partial charge is 0.368 e. The van der Waals surface area contributed by atoms with Gasteiger partial charge in [-0.2, -0.15) is 0 Å². The standard InChI is InChI=1S/C17H18ClN5O2/c18-13-1-6-20-15(11-13)17(25)21-12-16(24)23-9-7-22(8-10-23)14-2-4-19-5-3-14/h1-6,11H,7-10,12H2,(H,21,25). The molecule has 1 aliphatic rings. The van der Waals surface area contributed by atoms with Gasteiger partial charge in [0, 0.05) is 55.5 Å². The summed E-state index contributed by atoms with van der Waals surface area (Å²) in [5.41, 5.74) is 1.30. The smallest absolute Gasteiger partial charge is 0.270 e. The van der Waals surface area contributed by atoms with Crippen LogP contribution in [0.5, 0.6) is 0 Å². The van der Waals surface area contributed by atoms with Gasteiger partial charge in [0.1, 0.15) is 5.69 Å². The minimum absolute atomic E-state index is 0.0533. The number of piperazine rings is 1. The lowest BCUT2D eigenvalue weighted by atomic mass is 10.2. The van der Waals surface area contributed by atoms with E-state index in [0.717, 1.165) is 18.8 Å². The number of carbonyl (C=O) groups excluding carboxylic acids is 2. The van der Waals surface area contributed by atoms with Gasteiger partial charge in [-0.1, -0.05) is 11.6 Å². The van der Waals surface area contributed by atoms with Gasteiger partial charge in [0.25, 0.3) is 5.91 Å². The molecule has 2 aromatic heterocycles. The lowest BCUT2D eigenvalue weighted by Crippen LogP contribution is -2.51. The van der Waals surface area contributed by atoms with E-state index in [1.165, 1.54) is 12.3 Å². The Labute approximate surface area is 150 Å². The topological polar surface area (TPSA) is 78.4 Å². The number of anilines is 1. The molecule has 2 amide bonds. The molecule has 7 nitrogen and oxygen atoms in total. The fourth-order valence-corrected chi connectivity index (χ4v) is 2.82. The van der Waals surface area contributed by atoms with E-state index in [2.05, 4.69) is 20.2 Å². The number of carbonyl (C=O) groups is 2. The van der Waals surface area contributed by atoms with Crippen LogP contribution in [0.25, 0.3) is 0 Å². The Morgan fingerprint density at radius 3 is 2.48 bits per heavy atom. The van der Waals surface area contributed by atoms with Gasteiger partial charge in [0.15, 0.2) is 0 Å². The van der Waals surface area contributed by atoms with E-state index in [-0.39, 0.29) is 18.1 Å². The van der Waals surface area contributed by atoms with Gasteiger partial charge in [-0.25, -0.2) is 0 Å². The highest BCUT2D eigenvalue weighted by Crippen LogP contribution is 2.14. The molecule has 0 unspecified atom stereocenters. The zero-order valence-electron chi connectivity index (χ0n) is 13.6. The lowest BCUT2D eigenvalue weighted by molar-refractivity contribution is -0.130. The molecule has 1 aliphatic heterocycles. The van der Waals surface area contributed by atoms with Crippen molar-refractivity contribution >= 4 is 29.1 Å². The van der Waals surface area contributed by atoms with Gasteiger partial charge in [0.2, 0.25) is 5.91 Å². The van der Waals surface area contributed by atoms with Crippen LogP contribution in [0.4, 0.5) is 5.69 Å². The number of pyridine rings is 2. The van der Waals surface area contributed by atoms with Gasteiger partial charge < -0.3 is 15.1 Å². The normalized spacial score (nSPS) is 14.3. The number of amides is 2. The SMILES string of the molecule is O=C(NCC(=O)N1CCN(c2ccncc2)CC1)c1cc(Cl)ccn1. The molecule has 0 saturated carbocycles. The average Bonchev–Trinajstić information content (AvgIpc) is 2.66. The number of hydrogen-bond acceptors (Lipinski definition) is 5. The van der Waals surface area contributed by atoms with Crippen LogP contribution in [-0.4, -0.2) is 59.4 Å². The molecule has 130 valence electrons. The van der Waals surface area contributed by atoms with Crippen molar-refractivity contribution in [3.63, 3.8) is 0 Å². The Morgan fingerprint density at radius 2 is 1.80 bits per heavy atom. The fourth-order valence-electron chi connectivity index (χ4n) is 2.66. The Kier molecular flexibility index (Phi) is 5.45. The molecule has 2 aromatic rings. The van der Waals surface area contributed by atoms with Crippen molar-refractivity contribution < 1.29 is 9.59 Å². The van der Waals surface area contributed by atoms with Gasteiger partial charge in [-0.05, 0) is 24.3 Å². The van der Waals surface area contributed by atoms with Crippen LogP contribution in [0, 0.1) is 0 Å². The first-order valence-corrected chi connectivity index (χ1v) is 8.34. The molecule has 0 spiro atoms. The third kappa shape index (κ3) is 4.45. The first-order valence-electron chi connectivity index (χ1n) is 7.96. The number of hydrogen-bond donors (Lipinski definition) is 1. The van der Waals surface area contributed by atoms with Crippen molar-refractivity contribution in [3.8, 4) is 0 Å². The summed E-state index contributed by atoms with van der Waals surface area (Å²) in [6.07, 6.45) is 4.97. The Bertz CT molecular complexity index is 748. The zero-order valence-corrected chi connectivity index (χ0v) is 14.3. The molecule has 8 heteroatoms. The Hall–Kier alpha value is -2.67. The predicted octanol–water partition coefficient (Wildman–Crippen LogP) is 1.21. The van der Waals surface area contributed by atoms with Crippen molar-refractivity contribution in [2.75, 3.05) is 37.6 Å². The molecule has 1 saturated heterocycles. The molecule has 0 aliphatic carbocycles. The summed E-state index contributed by atoms with van der Waals surface area (Å²) < 4.78 is 0. The number of halogens is 1. The molecule has 1 N–H and O–H groups in total. The van der Waals surface area contributed by atoms with E-state index in [0.29, 0.717) is 18.1 Å². The summed E-state index contributed by atoms with van der Waals surface area (Å²) in [5.74, 6) is -0.518. The van der Waals surface area contributed by atoms with Gasteiger partial charge >= 0.3 is 0 Å². The van der Waals surface area contributed by atoms with Crippen LogP contribution in [0.3, 0.4) is 0 Å². The number of rotatable bonds is 4. The van der Waals surface area contributed by atoms with E-state index in [9.17, 15) is 9.59 Å². The second kappa shape index (κ2) is 7.94. The lowest BCUT2D eigenvalue weighted by Gasteiger charge is -2.36. The van der Waals surface area contributed by atoms with Crippen LogP contribution in [0.2, 0.25) is 5.02 Å². The maximum Gasteiger partial charge on any atom is 0.270 e. The first-order chi connectivity index (χ1) is 12.1. The molecule has 25 heavy (non-hydrogen) atoms. The Balaban J connectivity index is 1.47. The highest BCUT2D eigenvalue weighted by atomic mass is 35.5. The predicted molar refractivity (Wildman–Crippen MR) is 94.6 cm³/mol. The minimum Gasteiger partial charge on any atom is -0.368 e. The van der Waals surface area contributed by atoms with Gasteiger partial charge in [-0.15, -0.1) is 0 Å². The second-order valence-electron chi connectivity index (χ2n) is 5.62. The van der Waals surface area contributed by atoms with Crippen molar-refractivity contribution in [1.29, 1.82) is 0 Å². The van der Waals surface area contributed by atoms with Crippen LogP contribution in [0.1, 0.15) is 10.5 Å². The quantitative estimate of drug-likeness (QED) is 0.887. The molecular weight excluding hydrogens is 342 g/mol. The van der Waals surface area contributed by atoms with Crippen LogP contribution in [0.15, 0.2) is 42.9 Å². The van der Waals surface area contributed by atoms with Crippen molar-refractivity contribution in [1.82, 2.24) is 20.2 Å². The number of nitrogens with one attached hydrogen (secondary N) is 1.